The normalized spacial score (nSPS) is 12.0. The quantitative estimate of drug-likeness (QED) is 0.561. The van der Waals surface area contributed by atoms with Crippen molar-refractivity contribution in [2.24, 2.45) is 0 Å². The molecular weight excluding hydrogens is 380 g/mol. The molecule has 0 bridgehead atoms. The molecule has 0 aliphatic heterocycles. The van der Waals surface area contributed by atoms with Crippen molar-refractivity contribution in [3.05, 3.63) is 71.0 Å². The Morgan fingerprint density at radius 1 is 1.10 bits per heavy atom. The highest BCUT2D eigenvalue weighted by atomic mass is 32.2. The van der Waals surface area contributed by atoms with E-state index >= 15 is 0 Å². The second-order valence-electron chi connectivity index (χ2n) is 7.44. The van der Waals surface area contributed by atoms with Gasteiger partial charge in [0, 0.05) is 6.04 Å². The van der Waals surface area contributed by atoms with Crippen LogP contribution in [-0.2, 0) is 11.2 Å². The van der Waals surface area contributed by atoms with Crippen molar-refractivity contribution in [3.8, 4) is 5.69 Å². The first kappa shape index (κ1) is 21.1. The third-order valence-corrected chi connectivity index (χ3v) is 5.78. The number of amides is 1. The molecule has 0 spiro atoms. The lowest BCUT2D eigenvalue weighted by atomic mass is 10.1. The zero-order valence-electron chi connectivity index (χ0n) is 17.5. The average molecular weight is 409 g/mol. The molecule has 1 amide bonds. The Balaban J connectivity index is 1.57. The van der Waals surface area contributed by atoms with Crippen molar-refractivity contribution < 1.29 is 4.79 Å². The molecule has 3 aromatic rings. The average Bonchev–Trinajstić information content (AvgIpc) is 3.08. The molecule has 0 saturated heterocycles. The van der Waals surface area contributed by atoms with E-state index in [0.717, 1.165) is 35.1 Å². The van der Waals surface area contributed by atoms with Crippen LogP contribution in [-0.4, -0.2) is 32.5 Å². The summed E-state index contributed by atoms with van der Waals surface area (Å²) in [5.41, 5.74) is 4.69. The van der Waals surface area contributed by atoms with E-state index in [0.29, 0.717) is 5.75 Å². The van der Waals surface area contributed by atoms with Crippen molar-refractivity contribution in [2.75, 3.05) is 5.75 Å². The number of aromatic nitrogens is 3. The van der Waals surface area contributed by atoms with Crippen LogP contribution in [0, 0.1) is 20.8 Å². The minimum Gasteiger partial charge on any atom is -0.353 e. The molecule has 1 atom stereocenters. The zero-order chi connectivity index (χ0) is 20.8. The number of benzene rings is 2. The first-order valence-corrected chi connectivity index (χ1v) is 10.9. The van der Waals surface area contributed by atoms with Crippen molar-refractivity contribution >= 4 is 17.7 Å². The Morgan fingerprint density at radius 2 is 1.86 bits per heavy atom. The zero-order valence-corrected chi connectivity index (χ0v) is 18.3. The van der Waals surface area contributed by atoms with E-state index in [2.05, 4.69) is 59.7 Å². The molecule has 1 heterocycles. The van der Waals surface area contributed by atoms with Gasteiger partial charge in [-0.2, -0.15) is 0 Å². The Kier molecular flexibility index (Phi) is 7.09. The maximum absolute atomic E-state index is 12.4. The molecular formula is C23H28N4OS. The number of carbonyl (C=O) groups is 1. The molecule has 3 rings (SSSR count). The van der Waals surface area contributed by atoms with E-state index in [1.54, 1.807) is 0 Å². The molecule has 5 nitrogen and oxygen atoms in total. The van der Waals surface area contributed by atoms with Gasteiger partial charge in [-0.3, -0.25) is 9.36 Å². The van der Waals surface area contributed by atoms with Gasteiger partial charge >= 0.3 is 0 Å². The summed E-state index contributed by atoms with van der Waals surface area (Å²) in [6.07, 6.45) is 1.87. The smallest absolute Gasteiger partial charge is 0.230 e. The molecule has 6 heteroatoms. The molecule has 1 aromatic heterocycles. The Hall–Kier alpha value is -2.60. The molecule has 152 valence electrons. The number of aryl methyl sites for hydroxylation is 4. The number of thioether (sulfide) groups is 1. The van der Waals surface area contributed by atoms with Gasteiger partial charge in [0.25, 0.3) is 0 Å². The molecule has 1 unspecified atom stereocenters. The van der Waals surface area contributed by atoms with Gasteiger partial charge in [-0.1, -0.05) is 54.2 Å². The fourth-order valence-corrected chi connectivity index (χ4v) is 4.02. The van der Waals surface area contributed by atoms with E-state index in [1.165, 1.54) is 22.9 Å². The lowest BCUT2D eigenvalue weighted by Gasteiger charge is -2.14. The molecule has 29 heavy (non-hydrogen) atoms. The van der Waals surface area contributed by atoms with Gasteiger partial charge in [-0.05, 0) is 63.3 Å². The minimum atomic E-state index is 0.0173. The second kappa shape index (κ2) is 9.74. The minimum absolute atomic E-state index is 0.0173. The lowest BCUT2D eigenvalue weighted by molar-refractivity contribution is -0.119. The predicted octanol–water partition coefficient (Wildman–Crippen LogP) is 4.42. The number of hydrogen-bond donors (Lipinski definition) is 1. The van der Waals surface area contributed by atoms with Crippen LogP contribution in [0.25, 0.3) is 5.69 Å². The van der Waals surface area contributed by atoms with Gasteiger partial charge in [0.05, 0.1) is 11.4 Å². The van der Waals surface area contributed by atoms with Crippen molar-refractivity contribution in [1.82, 2.24) is 20.1 Å². The molecule has 1 N–H and O–H groups in total. The fraction of sp³-hybridized carbons (Fsp3) is 0.348. The lowest BCUT2D eigenvalue weighted by Crippen LogP contribution is -2.34. The van der Waals surface area contributed by atoms with Gasteiger partial charge in [-0.25, -0.2) is 0 Å². The van der Waals surface area contributed by atoms with Crippen LogP contribution >= 0.6 is 11.8 Å². The number of nitrogens with zero attached hydrogens (tertiary/aromatic N) is 3. The van der Waals surface area contributed by atoms with Gasteiger partial charge in [0.1, 0.15) is 5.82 Å². The van der Waals surface area contributed by atoms with Crippen LogP contribution in [0.2, 0.25) is 0 Å². The Morgan fingerprint density at radius 3 is 2.62 bits per heavy atom. The van der Waals surface area contributed by atoms with E-state index in [1.807, 2.05) is 36.6 Å². The SMILES string of the molecule is Cc1ccc(C)c(-n2c(C)nnc2SCC(=O)NC(C)CCc2ccccc2)c1. The summed E-state index contributed by atoms with van der Waals surface area (Å²) in [6, 6.07) is 16.8. The first-order valence-electron chi connectivity index (χ1n) is 9.90. The maximum atomic E-state index is 12.4. The van der Waals surface area contributed by atoms with Crippen LogP contribution in [0.4, 0.5) is 0 Å². The molecule has 0 saturated carbocycles. The summed E-state index contributed by atoms with van der Waals surface area (Å²) >= 11 is 1.42. The Labute approximate surface area is 176 Å². The van der Waals surface area contributed by atoms with Crippen LogP contribution in [0.15, 0.2) is 53.7 Å². The highest BCUT2D eigenvalue weighted by molar-refractivity contribution is 7.99. The van der Waals surface area contributed by atoms with E-state index in [9.17, 15) is 4.79 Å². The summed E-state index contributed by atoms with van der Waals surface area (Å²) in [5.74, 6) is 1.15. The van der Waals surface area contributed by atoms with E-state index in [-0.39, 0.29) is 11.9 Å². The maximum Gasteiger partial charge on any atom is 0.230 e. The first-order chi connectivity index (χ1) is 13.9. The van der Waals surface area contributed by atoms with Gasteiger partial charge in [0.15, 0.2) is 5.16 Å². The molecule has 0 radical (unpaired) electrons. The monoisotopic (exact) mass is 408 g/mol. The summed E-state index contributed by atoms with van der Waals surface area (Å²) in [5, 5.41) is 12.3. The van der Waals surface area contributed by atoms with Crippen LogP contribution in [0.1, 0.15) is 35.9 Å². The third kappa shape index (κ3) is 5.70. The number of rotatable bonds is 8. The highest BCUT2D eigenvalue weighted by Gasteiger charge is 2.16. The molecule has 0 fully saturated rings. The van der Waals surface area contributed by atoms with Crippen molar-refractivity contribution in [1.29, 1.82) is 0 Å². The number of hydrogen-bond acceptors (Lipinski definition) is 4. The summed E-state index contributed by atoms with van der Waals surface area (Å²) in [7, 11) is 0. The van der Waals surface area contributed by atoms with E-state index in [4.69, 9.17) is 0 Å². The molecule has 0 aliphatic carbocycles. The Bertz CT molecular complexity index is 968. The van der Waals surface area contributed by atoms with Gasteiger partial charge in [0.2, 0.25) is 5.91 Å². The molecule has 0 aliphatic rings. The summed E-state index contributed by atoms with van der Waals surface area (Å²) in [4.78, 5) is 12.4. The van der Waals surface area contributed by atoms with Gasteiger partial charge in [-0.15, -0.1) is 10.2 Å². The number of nitrogens with one attached hydrogen (secondary N) is 1. The number of carbonyl (C=O) groups excluding carboxylic acids is 1. The van der Waals surface area contributed by atoms with Crippen LogP contribution in [0.3, 0.4) is 0 Å². The van der Waals surface area contributed by atoms with E-state index < -0.39 is 0 Å². The molecule has 2 aromatic carbocycles. The topological polar surface area (TPSA) is 59.8 Å². The van der Waals surface area contributed by atoms with Crippen LogP contribution < -0.4 is 5.32 Å². The van der Waals surface area contributed by atoms with Crippen molar-refractivity contribution in [2.45, 2.75) is 51.7 Å². The standard InChI is InChI=1S/C23H28N4OS/c1-16-10-11-17(2)21(14-16)27-19(4)25-26-23(27)29-15-22(28)24-18(3)12-13-20-8-6-5-7-9-20/h5-11,14,18H,12-13,15H2,1-4H3,(H,24,28). The fourth-order valence-electron chi connectivity index (χ4n) is 3.22. The summed E-state index contributed by atoms with van der Waals surface area (Å²) < 4.78 is 2.03. The van der Waals surface area contributed by atoms with Gasteiger partial charge < -0.3 is 5.32 Å². The van der Waals surface area contributed by atoms with Crippen molar-refractivity contribution in [3.63, 3.8) is 0 Å². The predicted molar refractivity (Wildman–Crippen MR) is 119 cm³/mol. The van der Waals surface area contributed by atoms with Crippen LogP contribution in [0.5, 0.6) is 0 Å². The second-order valence-corrected chi connectivity index (χ2v) is 8.38. The largest absolute Gasteiger partial charge is 0.353 e. The highest BCUT2D eigenvalue weighted by Crippen LogP contribution is 2.24. The summed E-state index contributed by atoms with van der Waals surface area (Å²) in [6.45, 7) is 8.13. The third-order valence-electron chi connectivity index (χ3n) is 4.85.